The third-order valence-corrected chi connectivity index (χ3v) is 6.10. The molecule has 10 heteroatoms. The smallest absolute Gasteiger partial charge is 0.349 e. The molecule has 3 aromatic heterocycles. The maximum absolute atomic E-state index is 12.8. The molecule has 0 aliphatic heterocycles. The number of esters is 2. The van der Waals surface area contributed by atoms with E-state index in [2.05, 4.69) is 9.97 Å². The van der Waals surface area contributed by atoms with E-state index in [9.17, 15) is 19.2 Å². The molecule has 3 heterocycles. The Morgan fingerprint density at radius 1 is 1.17 bits per heavy atom. The summed E-state index contributed by atoms with van der Waals surface area (Å²) in [5.74, 6) is -1.75. The molecule has 0 bridgehead atoms. The van der Waals surface area contributed by atoms with Gasteiger partial charge in [-0.25, -0.2) is 14.6 Å². The molecule has 0 fully saturated rings. The number of carbonyl (C=O) groups is 3. The number of aromatic amines is 1. The van der Waals surface area contributed by atoms with Gasteiger partial charge in [-0.05, 0) is 38.8 Å². The van der Waals surface area contributed by atoms with Gasteiger partial charge in [-0.2, -0.15) is 0 Å². The minimum atomic E-state index is -1.11. The Morgan fingerprint density at radius 3 is 2.47 bits per heavy atom. The predicted molar refractivity (Wildman–Crippen MR) is 110 cm³/mol. The normalized spacial score (nSPS) is 12.1. The van der Waals surface area contributed by atoms with Gasteiger partial charge in [0.25, 0.3) is 5.56 Å². The van der Waals surface area contributed by atoms with Gasteiger partial charge < -0.3 is 19.0 Å². The van der Waals surface area contributed by atoms with Gasteiger partial charge in [0.1, 0.15) is 9.71 Å². The lowest BCUT2D eigenvalue weighted by Crippen LogP contribution is -2.25. The molecule has 158 valence electrons. The van der Waals surface area contributed by atoms with Crippen molar-refractivity contribution >= 4 is 39.3 Å². The van der Waals surface area contributed by atoms with Crippen LogP contribution in [0.3, 0.4) is 0 Å². The molecule has 0 aromatic carbocycles. The number of aromatic nitrogens is 3. The summed E-state index contributed by atoms with van der Waals surface area (Å²) in [6, 6.07) is 0. The van der Waals surface area contributed by atoms with Crippen molar-refractivity contribution in [3.63, 3.8) is 0 Å². The number of nitrogens with zero attached hydrogens (tertiary/aromatic N) is 2. The first-order valence-corrected chi connectivity index (χ1v) is 9.87. The quantitative estimate of drug-likeness (QED) is 0.487. The fraction of sp³-hybridized carbons (Fsp3) is 0.350. The largest absolute Gasteiger partial charge is 0.465 e. The average Bonchev–Trinajstić information content (AvgIpc) is 3.20. The first kappa shape index (κ1) is 21.4. The Morgan fingerprint density at radius 2 is 1.83 bits per heavy atom. The summed E-state index contributed by atoms with van der Waals surface area (Å²) in [6.07, 6.45) is 0.275. The van der Waals surface area contributed by atoms with Crippen molar-refractivity contribution in [3.8, 4) is 0 Å². The second-order valence-electron chi connectivity index (χ2n) is 6.93. The van der Waals surface area contributed by atoms with Crippen molar-refractivity contribution in [2.45, 2.75) is 33.8 Å². The van der Waals surface area contributed by atoms with Gasteiger partial charge in [-0.1, -0.05) is 0 Å². The van der Waals surface area contributed by atoms with Gasteiger partial charge in [0.05, 0.1) is 30.1 Å². The number of ether oxygens (including phenoxy) is 2. The summed E-state index contributed by atoms with van der Waals surface area (Å²) in [7, 11) is 2.84. The lowest BCUT2D eigenvalue weighted by atomic mass is 10.1. The van der Waals surface area contributed by atoms with E-state index in [4.69, 9.17) is 9.47 Å². The van der Waals surface area contributed by atoms with E-state index in [1.807, 2.05) is 0 Å². The molecule has 0 radical (unpaired) electrons. The van der Waals surface area contributed by atoms with Crippen molar-refractivity contribution in [2.75, 3.05) is 7.11 Å². The van der Waals surface area contributed by atoms with Gasteiger partial charge in [-0.3, -0.25) is 9.59 Å². The fourth-order valence-corrected chi connectivity index (χ4v) is 4.30. The average molecular weight is 431 g/mol. The van der Waals surface area contributed by atoms with Crippen molar-refractivity contribution in [1.82, 2.24) is 14.5 Å². The standard InChI is InChI=1S/C20H21N3O6S/c1-8-12(19(26)28-6)10(3)22-14(8)15(24)11(4)29-20(27)16-9(2)13-17(30-16)21-7-23(5)18(13)25/h7,11,22H,1-6H3. The molecular weight excluding hydrogens is 410 g/mol. The van der Waals surface area contributed by atoms with E-state index in [-0.39, 0.29) is 21.7 Å². The number of carbonyl (C=O) groups excluding carboxylic acids is 3. The van der Waals surface area contributed by atoms with Gasteiger partial charge in [-0.15, -0.1) is 11.3 Å². The maximum atomic E-state index is 12.8. The molecule has 1 atom stereocenters. The zero-order chi connectivity index (χ0) is 22.3. The van der Waals surface area contributed by atoms with Gasteiger partial charge in [0.15, 0.2) is 6.10 Å². The highest BCUT2D eigenvalue weighted by molar-refractivity contribution is 7.20. The van der Waals surface area contributed by atoms with Crippen LogP contribution in [0.1, 0.15) is 54.3 Å². The van der Waals surface area contributed by atoms with Crippen molar-refractivity contribution in [2.24, 2.45) is 7.05 Å². The summed E-state index contributed by atoms with van der Waals surface area (Å²) in [6.45, 7) is 6.37. The third-order valence-electron chi connectivity index (χ3n) is 4.92. The Kier molecular flexibility index (Phi) is 5.62. The zero-order valence-corrected chi connectivity index (χ0v) is 18.2. The van der Waals surface area contributed by atoms with Gasteiger partial charge in [0.2, 0.25) is 5.78 Å². The van der Waals surface area contributed by atoms with Crippen LogP contribution in [0.5, 0.6) is 0 Å². The van der Waals surface area contributed by atoms with Crippen LogP contribution < -0.4 is 5.56 Å². The number of Topliss-reactive ketones (excluding diaryl/α,β-unsaturated/α-hetero) is 1. The lowest BCUT2D eigenvalue weighted by Gasteiger charge is -2.12. The highest BCUT2D eigenvalue weighted by Gasteiger charge is 2.29. The summed E-state index contributed by atoms with van der Waals surface area (Å²) >= 11 is 1.04. The number of H-pyrrole nitrogens is 1. The van der Waals surface area contributed by atoms with Crippen molar-refractivity contribution < 1.29 is 23.9 Å². The molecule has 0 aliphatic carbocycles. The van der Waals surface area contributed by atoms with E-state index in [0.717, 1.165) is 11.3 Å². The van der Waals surface area contributed by atoms with Crippen LogP contribution >= 0.6 is 11.3 Å². The summed E-state index contributed by atoms with van der Waals surface area (Å²) in [5, 5.41) is 0.356. The molecule has 30 heavy (non-hydrogen) atoms. The lowest BCUT2D eigenvalue weighted by molar-refractivity contribution is 0.0321. The van der Waals surface area contributed by atoms with Gasteiger partial charge in [0, 0.05) is 12.7 Å². The van der Waals surface area contributed by atoms with E-state index >= 15 is 0 Å². The third kappa shape index (κ3) is 3.43. The first-order chi connectivity index (χ1) is 14.1. The van der Waals surface area contributed by atoms with Crippen LogP contribution in [0.4, 0.5) is 0 Å². The molecule has 0 aliphatic rings. The molecule has 9 nitrogen and oxygen atoms in total. The molecule has 3 rings (SSSR count). The van der Waals surface area contributed by atoms with E-state index < -0.39 is 23.8 Å². The van der Waals surface area contributed by atoms with E-state index in [0.29, 0.717) is 27.0 Å². The summed E-state index contributed by atoms with van der Waals surface area (Å²) in [5.41, 5.74) is 1.58. The van der Waals surface area contributed by atoms with Crippen LogP contribution in [-0.2, 0) is 16.5 Å². The monoisotopic (exact) mass is 431 g/mol. The SMILES string of the molecule is COC(=O)c1c(C)[nH]c(C(=O)C(C)OC(=O)c2sc3ncn(C)c(=O)c3c2C)c1C. The molecule has 3 aromatic rings. The Balaban J connectivity index is 1.88. The van der Waals surface area contributed by atoms with E-state index in [1.54, 1.807) is 27.8 Å². The summed E-state index contributed by atoms with van der Waals surface area (Å²) in [4.78, 5) is 57.5. The molecule has 1 unspecified atom stereocenters. The molecule has 0 amide bonds. The number of methoxy groups -OCH3 is 1. The second-order valence-corrected chi connectivity index (χ2v) is 7.92. The van der Waals surface area contributed by atoms with Crippen LogP contribution in [0, 0.1) is 20.8 Å². The second kappa shape index (κ2) is 7.86. The molecule has 0 spiro atoms. The highest BCUT2D eigenvalue weighted by atomic mass is 32.1. The van der Waals surface area contributed by atoms with Crippen LogP contribution in [0.15, 0.2) is 11.1 Å². The number of aryl methyl sites for hydroxylation is 3. The Hall–Kier alpha value is -3.27. The minimum absolute atomic E-state index is 0.178. The number of nitrogens with one attached hydrogen (secondary N) is 1. The number of rotatable bonds is 5. The Bertz CT molecular complexity index is 1250. The maximum Gasteiger partial charge on any atom is 0.349 e. The fourth-order valence-electron chi connectivity index (χ4n) is 3.28. The van der Waals surface area contributed by atoms with Gasteiger partial charge >= 0.3 is 11.9 Å². The van der Waals surface area contributed by atoms with Crippen molar-refractivity contribution in [3.05, 3.63) is 49.6 Å². The topological polar surface area (TPSA) is 120 Å². The number of hydrogen-bond donors (Lipinski definition) is 1. The minimum Gasteiger partial charge on any atom is -0.465 e. The van der Waals surface area contributed by atoms with E-state index in [1.165, 1.54) is 24.9 Å². The van der Waals surface area contributed by atoms with Crippen LogP contribution in [0.2, 0.25) is 0 Å². The van der Waals surface area contributed by atoms with Crippen LogP contribution in [0.25, 0.3) is 10.2 Å². The molecular formula is C20H21N3O6S. The molecule has 0 saturated heterocycles. The van der Waals surface area contributed by atoms with Crippen molar-refractivity contribution in [1.29, 1.82) is 0 Å². The Labute approximate surface area is 175 Å². The zero-order valence-electron chi connectivity index (χ0n) is 17.4. The number of hydrogen-bond acceptors (Lipinski definition) is 8. The molecule has 0 saturated carbocycles. The first-order valence-electron chi connectivity index (χ1n) is 9.05. The number of ketones is 1. The summed E-state index contributed by atoms with van der Waals surface area (Å²) < 4.78 is 11.5. The number of thiophene rings is 1. The van der Waals surface area contributed by atoms with Crippen LogP contribution in [-0.4, -0.2) is 45.5 Å². The number of fused-ring (bicyclic) bond motifs is 1. The highest BCUT2D eigenvalue weighted by Crippen LogP contribution is 2.28. The predicted octanol–water partition coefficient (Wildman–Crippen LogP) is 2.46. The molecule has 1 N–H and O–H groups in total.